The smallest absolute Gasteiger partial charge is 0.336 e. The molecule has 0 radical (unpaired) electrons. The number of aliphatic hydroxyl groups is 1. The Morgan fingerprint density at radius 1 is 1.00 bits per heavy atom. The van der Waals surface area contributed by atoms with E-state index in [1.165, 1.54) is 4.90 Å². The fourth-order valence-electron chi connectivity index (χ4n) is 2.84. The van der Waals surface area contributed by atoms with E-state index in [9.17, 15) is 24.6 Å². The Balaban J connectivity index is 2.14. The Morgan fingerprint density at radius 2 is 1.57 bits per heavy atom. The van der Waals surface area contributed by atoms with Gasteiger partial charge in [0.1, 0.15) is 6.04 Å². The van der Waals surface area contributed by atoms with Gasteiger partial charge in [-0.3, -0.25) is 0 Å². The van der Waals surface area contributed by atoms with Gasteiger partial charge < -0.3 is 25.2 Å². The molecule has 2 atom stereocenters. The van der Waals surface area contributed by atoms with Gasteiger partial charge in [-0.2, -0.15) is 0 Å². The van der Waals surface area contributed by atoms with Crippen LogP contribution in [0.3, 0.4) is 0 Å². The van der Waals surface area contributed by atoms with Crippen LogP contribution >= 0.6 is 0 Å². The number of nitrogens with one attached hydrogen (secondary N) is 1. The second-order valence-corrected chi connectivity index (χ2v) is 6.66. The molecule has 0 saturated carbocycles. The fourth-order valence-corrected chi connectivity index (χ4v) is 2.84. The predicted octanol–water partition coefficient (Wildman–Crippen LogP) is 1.82. The summed E-state index contributed by atoms with van der Waals surface area (Å²) in [5.41, 5.74) is 1.52. The number of hydrogen-bond acceptors (Lipinski definition) is 5. The lowest BCUT2D eigenvalue weighted by Crippen LogP contribution is -2.51. The predicted molar refractivity (Wildman–Crippen MR) is 110 cm³/mol. The van der Waals surface area contributed by atoms with Crippen molar-refractivity contribution in [2.24, 2.45) is 0 Å². The molecular weight excluding hydrogens is 388 g/mol. The molecule has 3 N–H and O–H groups in total. The molecule has 0 aliphatic carbocycles. The number of carboxylic acid groups (broad SMARTS) is 1. The number of carbonyl (C=O) groups excluding carboxylic acids is 2. The van der Waals surface area contributed by atoms with Gasteiger partial charge >= 0.3 is 18.0 Å². The zero-order valence-electron chi connectivity index (χ0n) is 16.7. The molecule has 0 heterocycles. The first-order valence-electron chi connectivity index (χ1n) is 9.61. The summed E-state index contributed by atoms with van der Waals surface area (Å²) in [7, 11) is 0. The molecule has 0 aliphatic heterocycles. The molecule has 30 heavy (non-hydrogen) atoms. The van der Waals surface area contributed by atoms with Crippen molar-refractivity contribution in [1.82, 2.24) is 10.2 Å². The first-order chi connectivity index (χ1) is 14.4. The van der Waals surface area contributed by atoms with E-state index < -0.39 is 30.1 Å². The average molecular weight is 414 g/mol. The molecule has 2 aromatic carbocycles. The van der Waals surface area contributed by atoms with Crippen LogP contribution in [0.15, 0.2) is 60.7 Å². The van der Waals surface area contributed by atoms with Crippen LogP contribution in [0, 0.1) is 0 Å². The van der Waals surface area contributed by atoms with Crippen molar-refractivity contribution in [3.8, 4) is 0 Å². The van der Waals surface area contributed by atoms with Crippen LogP contribution in [0.5, 0.6) is 0 Å². The van der Waals surface area contributed by atoms with Crippen molar-refractivity contribution < 1.29 is 29.3 Å². The largest absolute Gasteiger partial charge is 0.480 e. The molecule has 0 fully saturated rings. The van der Waals surface area contributed by atoms with Gasteiger partial charge in [-0.15, -0.1) is 0 Å². The first-order valence-corrected chi connectivity index (χ1v) is 9.61. The zero-order valence-corrected chi connectivity index (χ0v) is 16.7. The number of hydrogen-bond donors (Lipinski definition) is 3. The van der Waals surface area contributed by atoms with Crippen molar-refractivity contribution in [1.29, 1.82) is 0 Å². The summed E-state index contributed by atoms with van der Waals surface area (Å²) in [5, 5.41) is 22.1. The molecule has 8 heteroatoms. The highest BCUT2D eigenvalue weighted by atomic mass is 16.5. The lowest BCUT2D eigenvalue weighted by Gasteiger charge is -2.27. The van der Waals surface area contributed by atoms with E-state index >= 15 is 0 Å². The van der Waals surface area contributed by atoms with Gasteiger partial charge in [0.05, 0.1) is 13.2 Å². The lowest BCUT2D eigenvalue weighted by atomic mass is 10.1. The number of amides is 2. The van der Waals surface area contributed by atoms with Gasteiger partial charge in [0, 0.05) is 13.0 Å². The molecule has 2 amide bonds. The van der Waals surface area contributed by atoms with Crippen LogP contribution in [-0.4, -0.2) is 58.4 Å². The second-order valence-electron chi connectivity index (χ2n) is 6.66. The summed E-state index contributed by atoms with van der Waals surface area (Å²) >= 11 is 0. The first kappa shape index (κ1) is 22.9. The topological polar surface area (TPSA) is 116 Å². The minimum Gasteiger partial charge on any atom is -0.480 e. The fraction of sp³-hybridized carbons (Fsp3) is 0.318. The highest BCUT2D eigenvalue weighted by Crippen LogP contribution is 2.09. The summed E-state index contributed by atoms with van der Waals surface area (Å²) in [6.07, 6.45) is -1.45. The van der Waals surface area contributed by atoms with E-state index in [2.05, 4.69) is 5.32 Å². The highest BCUT2D eigenvalue weighted by Gasteiger charge is 2.27. The summed E-state index contributed by atoms with van der Waals surface area (Å²) in [6.45, 7) is 1.46. The Bertz CT molecular complexity index is 828. The highest BCUT2D eigenvalue weighted by molar-refractivity contribution is 5.83. The monoisotopic (exact) mass is 414 g/mol. The number of carboxylic acids is 1. The Labute approximate surface area is 175 Å². The van der Waals surface area contributed by atoms with Gasteiger partial charge in [-0.1, -0.05) is 60.7 Å². The quantitative estimate of drug-likeness (QED) is 0.511. The number of aliphatic carboxylic acids is 1. The van der Waals surface area contributed by atoms with Crippen LogP contribution < -0.4 is 5.32 Å². The minimum absolute atomic E-state index is 0.0841. The number of aliphatic hydroxyl groups excluding tert-OH is 1. The standard InChI is InChI=1S/C22H26N2O6/c1-2-30-21(28)19(25)15-24(14-17-11-7-4-8-12-17)22(29)23-18(20(26)27)13-16-9-5-3-6-10-16/h3-12,18-19,25H,2,13-15H2,1H3,(H,23,29)(H,26,27)/t18-,19?/m0/s1. The van der Waals surface area contributed by atoms with Crippen LogP contribution in [0.2, 0.25) is 0 Å². The van der Waals surface area contributed by atoms with E-state index in [1.807, 2.05) is 12.1 Å². The molecule has 0 aliphatic rings. The summed E-state index contributed by atoms with van der Waals surface area (Å²) < 4.78 is 4.79. The van der Waals surface area contributed by atoms with Crippen molar-refractivity contribution in [2.75, 3.05) is 13.2 Å². The SMILES string of the molecule is CCOC(=O)C(O)CN(Cc1ccccc1)C(=O)N[C@@H](Cc1ccccc1)C(=O)O. The van der Waals surface area contributed by atoms with Gasteiger partial charge in [0.2, 0.25) is 0 Å². The Kier molecular flexibility index (Phi) is 8.83. The van der Waals surface area contributed by atoms with E-state index in [0.29, 0.717) is 0 Å². The summed E-state index contributed by atoms with van der Waals surface area (Å²) in [4.78, 5) is 37.5. The molecule has 2 rings (SSSR count). The lowest BCUT2D eigenvalue weighted by molar-refractivity contribution is -0.153. The summed E-state index contributed by atoms with van der Waals surface area (Å²) in [6, 6.07) is 16.0. The van der Waals surface area contributed by atoms with Crippen LogP contribution in [-0.2, 0) is 27.3 Å². The van der Waals surface area contributed by atoms with Gasteiger partial charge in [-0.25, -0.2) is 14.4 Å². The second kappa shape index (κ2) is 11.6. The van der Waals surface area contributed by atoms with E-state index in [-0.39, 0.29) is 26.1 Å². The number of esters is 1. The van der Waals surface area contributed by atoms with Crippen molar-refractivity contribution in [3.05, 3.63) is 71.8 Å². The van der Waals surface area contributed by atoms with Crippen molar-refractivity contribution in [3.63, 3.8) is 0 Å². The maximum absolute atomic E-state index is 12.9. The third-order valence-electron chi connectivity index (χ3n) is 4.33. The summed E-state index contributed by atoms with van der Waals surface area (Å²) in [5.74, 6) is -2.03. The van der Waals surface area contributed by atoms with Crippen LogP contribution in [0.1, 0.15) is 18.1 Å². The minimum atomic E-state index is -1.54. The number of carbonyl (C=O) groups is 3. The Hall–Kier alpha value is -3.39. The zero-order chi connectivity index (χ0) is 21.9. The average Bonchev–Trinajstić information content (AvgIpc) is 2.74. The third kappa shape index (κ3) is 7.21. The maximum atomic E-state index is 12.9. The molecule has 0 bridgehead atoms. The molecule has 0 aromatic heterocycles. The van der Waals surface area contributed by atoms with Gasteiger partial charge in [-0.05, 0) is 18.1 Å². The van der Waals surface area contributed by atoms with Gasteiger partial charge in [0.15, 0.2) is 6.10 Å². The molecule has 160 valence electrons. The van der Waals surface area contributed by atoms with Gasteiger partial charge in [0.25, 0.3) is 0 Å². The van der Waals surface area contributed by atoms with Crippen LogP contribution in [0.25, 0.3) is 0 Å². The molecule has 0 spiro atoms. The molecule has 1 unspecified atom stereocenters. The van der Waals surface area contributed by atoms with Crippen LogP contribution in [0.4, 0.5) is 4.79 Å². The molecule has 8 nitrogen and oxygen atoms in total. The van der Waals surface area contributed by atoms with Crippen molar-refractivity contribution >= 4 is 18.0 Å². The molecule has 0 saturated heterocycles. The van der Waals surface area contributed by atoms with E-state index in [1.54, 1.807) is 55.5 Å². The van der Waals surface area contributed by atoms with Crippen molar-refractivity contribution in [2.45, 2.75) is 32.0 Å². The number of urea groups is 1. The van der Waals surface area contributed by atoms with E-state index in [4.69, 9.17) is 4.74 Å². The number of rotatable bonds is 10. The molecule has 2 aromatic rings. The number of ether oxygens (including phenoxy) is 1. The maximum Gasteiger partial charge on any atom is 0.336 e. The normalized spacial score (nSPS) is 12.5. The number of benzene rings is 2. The number of nitrogens with zero attached hydrogens (tertiary/aromatic N) is 1. The third-order valence-corrected chi connectivity index (χ3v) is 4.33. The van der Waals surface area contributed by atoms with E-state index in [0.717, 1.165) is 11.1 Å². The Morgan fingerprint density at radius 3 is 2.10 bits per heavy atom. The molecular formula is C22H26N2O6.